The molecule has 0 amide bonds. The van der Waals surface area contributed by atoms with E-state index in [2.05, 4.69) is 15.3 Å². The molecule has 0 saturated carbocycles. The maximum absolute atomic E-state index is 12.9. The van der Waals surface area contributed by atoms with Crippen molar-refractivity contribution in [1.29, 1.82) is 0 Å². The fourth-order valence-electron chi connectivity index (χ4n) is 1.86. The van der Waals surface area contributed by atoms with Crippen LogP contribution in [-0.2, 0) is 6.18 Å². The van der Waals surface area contributed by atoms with Crippen LogP contribution in [0, 0.1) is 6.92 Å². The van der Waals surface area contributed by atoms with Gasteiger partial charge in [0.1, 0.15) is 0 Å². The fraction of sp³-hybridized carbons (Fsp3) is 0.333. The number of hydrogen-bond donors (Lipinski definition) is 1. The Balaban J connectivity index is 2.49. The lowest BCUT2D eigenvalue weighted by Crippen LogP contribution is -2.13. The predicted octanol–water partition coefficient (Wildman–Crippen LogP) is 4.29. The zero-order chi connectivity index (χ0) is 15.5. The summed E-state index contributed by atoms with van der Waals surface area (Å²) in [7, 11) is 0. The number of anilines is 1. The summed E-state index contributed by atoms with van der Waals surface area (Å²) in [4.78, 5) is 7.72. The fourth-order valence-corrected chi connectivity index (χ4v) is 1.86. The molecule has 0 saturated heterocycles. The SMILES string of the molecule is CCCNc1nc(-c2cccc(C)c2)cc(C(F)(F)F)n1. The summed E-state index contributed by atoms with van der Waals surface area (Å²) in [5.74, 6) is 0.00295. The van der Waals surface area contributed by atoms with Crippen LogP contribution in [0.3, 0.4) is 0 Å². The summed E-state index contributed by atoms with van der Waals surface area (Å²) >= 11 is 0. The van der Waals surface area contributed by atoms with Crippen LogP contribution < -0.4 is 5.32 Å². The molecule has 0 radical (unpaired) electrons. The van der Waals surface area contributed by atoms with Crippen molar-refractivity contribution in [2.24, 2.45) is 0 Å². The normalized spacial score (nSPS) is 11.5. The molecule has 0 unspecified atom stereocenters. The van der Waals surface area contributed by atoms with E-state index in [4.69, 9.17) is 0 Å². The van der Waals surface area contributed by atoms with Gasteiger partial charge in [-0.1, -0.05) is 30.7 Å². The van der Waals surface area contributed by atoms with E-state index in [0.29, 0.717) is 12.1 Å². The number of rotatable bonds is 4. The van der Waals surface area contributed by atoms with Crippen molar-refractivity contribution in [3.05, 3.63) is 41.6 Å². The summed E-state index contributed by atoms with van der Waals surface area (Å²) in [6, 6.07) is 8.18. The van der Waals surface area contributed by atoms with Crippen molar-refractivity contribution in [1.82, 2.24) is 9.97 Å². The van der Waals surface area contributed by atoms with E-state index in [0.717, 1.165) is 18.1 Å². The Morgan fingerprint density at radius 3 is 2.52 bits per heavy atom. The first-order valence-corrected chi connectivity index (χ1v) is 6.67. The van der Waals surface area contributed by atoms with Gasteiger partial charge in [-0.2, -0.15) is 13.2 Å². The van der Waals surface area contributed by atoms with Crippen LogP contribution in [0.4, 0.5) is 19.1 Å². The Bertz CT molecular complexity index is 624. The quantitative estimate of drug-likeness (QED) is 0.914. The number of aryl methyl sites for hydroxylation is 1. The molecule has 0 bridgehead atoms. The Morgan fingerprint density at radius 2 is 1.90 bits per heavy atom. The van der Waals surface area contributed by atoms with Crippen LogP contribution >= 0.6 is 0 Å². The topological polar surface area (TPSA) is 37.8 Å². The van der Waals surface area contributed by atoms with Gasteiger partial charge in [0, 0.05) is 12.1 Å². The second-order valence-electron chi connectivity index (χ2n) is 4.76. The molecule has 0 fully saturated rings. The largest absolute Gasteiger partial charge is 0.433 e. The van der Waals surface area contributed by atoms with E-state index < -0.39 is 11.9 Å². The van der Waals surface area contributed by atoms with E-state index in [1.54, 1.807) is 18.2 Å². The maximum Gasteiger partial charge on any atom is 0.433 e. The molecule has 1 aromatic heterocycles. The molecule has 1 N–H and O–H groups in total. The Hall–Kier alpha value is -2.11. The highest BCUT2D eigenvalue weighted by atomic mass is 19.4. The van der Waals surface area contributed by atoms with Crippen LogP contribution in [0.2, 0.25) is 0 Å². The van der Waals surface area contributed by atoms with Crippen LogP contribution in [0.1, 0.15) is 24.6 Å². The standard InChI is InChI=1S/C15H16F3N3/c1-3-7-19-14-20-12(9-13(21-14)15(16,17)18)11-6-4-5-10(2)8-11/h4-6,8-9H,3,7H2,1-2H3,(H,19,20,21). The Morgan fingerprint density at radius 1 is 1.14 bits per heavy atom. The van der Waals surface area contributed by atoms with Crippen LogP contribution in [0.15, 0.2) is 30.3 Å². The summed E-state index contributed by atoms with van der Waals surface area (Å²) in [5, 5.41) is 2.81. The van der Waals surface area contributed by atoms with Crippen LogP contribution in [-0.4, -0.2) is 16.5 Å². The summed E-state index contributed by atoms with van der Waals surface area (Å²) in [6.45, 7) is 4.32. The highest BCUT2D eigenvalue weighted by Gasteiger charge is 2.33. The molecule has 0 aliphatic carbocycles. The molecule has 2 aromatic rings. The number of aromatic nitrogens is 2. The minimum atomic E-state index is -4.50. The van der Waals surface area contributed by atoms with Gasteiger partial charge in [-0.25, -0.2) is 9.97 Å². The molecule has 1 heterocycles. The van der Waals surface area contributed by atoms with Gasteiger partial charge < -0.3 is 5.32 Å². The average molecular weight is 295 g/mol. The molecule has 21 heavy (non-hydrogen) atoms. The third kappa shape index (κ3) is 3.93. The molecular weight excluding hydrogens is 279 g/mol. The molecule has 0 spiro atoms. The summed E-state index contributed by atoms with van der Waals surface area (Å²) in [5.41, 5.74) is 0.928. The van der Waals surface area contributed by atoms with Gasteiger partial charge in [-0.15, -0.1) is 0 Å². The molecular formula is C15H16F3N3. The Labute approximate surface area is 121 Å². The van der Waals surface area contributed by atoms with E-state index in [1.165, 1.54) is 0 Å². The zero-order valence-electron chi connectivity index (χ0n) is 11.8. The summed E-state index contributed by atoms with van der Waals surface area (Å²) in [6.07, 6.45) is -3.72. The zero-order valence-corrected chi connectivity index (χ0v) is 11.8. The minimum Gasteiger partial charge on any atom is -0.354 e. The van der Waals surface area contributed by atoms with E-state index in [1.807, 2.05) is 19.9 Å². The smallest absolute Gasteiger partial charge is 0.354 e. The highest BCUT2D eigenvalue weighted by Crippen LogP contribution is 2.31. The highest BCUT2D eigenvalue weighted by molar-refractivity contribution is 5.61. The second-order valence-corrected chi connectivity index (χ2v) is 4.76. The van der Waals surface area contributed by atoms with Gasteiger partial charge in [-0.3, -0.25) is 0 Å². The number of nitrogens with one attached hydrogen (secondary N) is 1. The van der Waals surface area contributed by atoms with Gasteiger partial charge in [-0.05, 0) is 25.5 Å². The van der Waals surface area contributed by atoms with Crippen LogP contribution in [0.25, 0.3) is 11.3 Å². The lowest BCUT2D eigenvalue weighted by molar-refractivity contribution is -0.141. The molecule has 6 heteroatoms. The molecule has 112 valence electrons. The lowest BCUT2D eigenvalue weighted by Gasteiger charge is -2.11. The van der Waals surface area contributed by atoms with Crippen molar-refractivity contribution in [3.63, 3.8) is 0 Å². The van der Waals surface area contributed by atoms with E-state index in [9.17, 15) is 13.2 Å². The number of alkyl halides is 3. The molecule has 1 aromatic carbocycles. The first kappa shape index (κ1) is 15.3. The molecule has 0 aliphatic rings. The molecule has 0 atom stereocenters. The van der Waals surface area contributed by atoms with Gasteiger partial charge in [0.2, 0.25) is 5.95 Å². The van der Waals surface area contributed by atoms with Crippen molar-refractivity contribution in [2.45, 2.75) is 26.4 Å². The Kier molecular flexibility index (Phi) is 4.45. The van der Waals surface area contributed by atoms with E-state index in [-0.39, 0.29) is 11.6 Å². The molecule has 2 rings (SSSR count). The second kappa shape index (κ2) is 6.11. The lowest BCUT2D eigenvalue weighted by atomic mass is 10.1. The van der Waals surface area contributed by atoms with Gasteiger partial charge in [0.05, 0.1) is 5.69 Å². The number of hydrogen-bond acceptors (Lipinski definition) is 3. The number of nitrogens with zero attached hydrogens (tertiary/aromatic N) is 2. The minimum absolute atomic E-state index is 0.00295. The van der Waals surface area contributed by atoms with Crippen LogP contribution in [0.5, 0.6) is 0 Å². The average Bonchev–Trinajstić information content (AvgIpc) is 2.44. The van der Waals surface area contributed by atoms with Crippen molar-refractivity contribution in [2.75, 3.05) is 11.9 Å². The van der Waals surface area contributed by atoms with Crippen molar-refractivity contribution >= 4 is 5.95 Å². The van der Waals surface area contributed by atoms with Gasteiger partial charge in [0.25, 0.3) is 0 Å². The third-order valence-corrected chi connectivity index (χ3v) is 2.86. The monoisotopic (exact) mass is 295 g/mol. The third-order valence-electron chi connectivity index (χ3n) is 2.86. The van der Waals surface area contributed by atoms with E-state index >= 15 is 0 Å². The predicted molar refractivity (Wildman–Crippen MR) is 76.0 cm³/mol. The van der Waals surface area contributed by atoms with Crippen molar-refractivity contribution in [3.8, 4) is 11.3 Å². The first-order valence-electron chi connectivity index (χ1n) is 6.67. The number of benzene rings is 1. The first-order chi connectivity index (χ1) is 9.90. The number of halogens is 3. The van der Waals surface area contributed by atoms with Gasteiger partial charge in [0.15, 0.2) is 5.69 Å². The summed E-state index contributed by atoms with van der Waals surface area (Å²) < 4.78 is 38.8. The van der Waals surface area contributed by atoms with Gasteiger partial charge >= 0.3 is 6.18 Å². The molecule has 0 aliphatic heterocycles. The maximum atomic E-state index is 12.9. The molecule has 3 nitrogen and oxygen atoms in total. The van der Waals surface area contributed by atoms with Crippen molar-refractivity contribution < 1.29 is 13.2 Å².